The van der Waals surface area contributed by atoms with Gasteiger partial charge in [0.15, 0.2) is 5.82 Å². The summed E-state index contributed by atoms with van der Waals surface area (Å²) in [5.41, 5.74) is 0.267. The number of carboxylic acid groups (broad SMARTS) is 1. The third-order valence-electron chi connectivity index (χ3n) is 2.44. The third kappa shape index (κ3) is 4.95. The molecule has 0 amide bonds. The molecule has 0 radical (unpaired) electrons. The zero-order valence-corrected chi connectivity index (χ0v) is 13.6. The predicted molar refractivity (Wildman–Crippen MR) is 84.7 cm³/mol. The number of aromatic amines is 1. The molecule has 0 atom stereocenters. The molecular formula is C13H16N4O5S. The SMILES string of the molecule is CC.COc1ccc([N+](=O)[O-])cc1-c1nc(SCC(=O)O)n[nH]1. The number of aliphatic carboxylic acids is 1. The van der Waals surface area contributed by atoms with Crippen LogP contribution in [-0.4, -0.2) is 44.0 Å². The van der Waals surface area contributed by atoms with Gasteiger partial charge in [-0.3, -0.25) is 20.0 Å². The van der Waals surface area contributed by atoms with E-state index in [-0.39, 0.29) is 22.4 Å². The normalized spacial score (nSPS) is 9.70. The minimum absolute atomic E-state index is 0.109. The molecule has 0 aliphatic heterocycles. The van der Waals surface area contributed by atoms with Crippen LogP contribution in [0.3, 0.4) is 0 Å². The Hall–Kier alpha value is -2.62. The predicted octanol–water partition coefficient (Wildman–Crippen LogP) is 2.59. The standard InChI is InChI=1S/C11H10N4O5S.C2H6/c1-20-8-3-2-6(15(18)19)4-7(8)10-12-11(14-13-10)21-5-9(16)17;1-2/h2-4H,5H2,1H3,(H,16,17)(H,12,13,14);1-2H3. The van der Waals surface area contributed by atoms with E-state index >= 15 is 0 Å². The highest BCUT2D eigenvalue weighted by atomic mass is 32.2. The number of nitrogens with zero attached hydrogens (tertiary/aromatic N) is 3. The number of carboxylic acids is 1. The summed E-state index contributed by atoms with van der Waals surface area (Å²) in [6.07, 6.45) is 0. The summed E-state index contributed by atoms with van der Waals surface area (Å²) in [6, 6.07) is 4.09. The fourth-order valence-corrected chi connectivity index (χ4v) is 2.07. The van der Waals surface area contributed by atoms with Crippen LogP contribution in [-0.2, 0) is 4.79 Å². The molecule has 124 valence electrons. The van der Waals surface area contributed by atoms with E-state index in [4.69, 9.17) is 9.84 Å². The Labute approximate surface area is 136 Å². The Kier molecular flexibility index (Phi) is 7.00. The molecular weight excluding hydrogens is 324 g/mol. The minimum Gasteiger partial charge on any atom is -0.496 e. The van der Waals surface area contributed by atoms with E-state index in [0.717, 1.165) is 11.8 Å². The van der Waals surface area contributed by atoms with Crippen molar-refractivity contribution in [1.29, 1.82) is 0 Å². The number of aromatic nitrogens is 3. The van der Waals surface area contributed by atoms with E-state index in [2.05, 4.69) is 15.2 Å². The number of nitro groups is 1. The molecule has 9 nitrogen and oxygen atoms in total. The van der Waals surface area contributed by atoms with Crippen molar-refractivity contribution in [2.75, 3.05) is 12.9 Å². The highest BCUT2D eigenvalue weighted by molar-refractivity contribution is 7.99. The Morgan fingerprint density at radius 1 is 1.48 bits per heavy atom. The van der Waals surface area contributed by atoms with Gasteiger partial charge in [-0.1, -0.05) is 25.6 Å². The van der Waals surface area contributed by atoms with Crippen LogP contribution in [0.1, 0.15) is 13.8 Å². The quantitative estimate of drug-likeness (QED) is 0.466. The van der Waals surface area contributed by atoms with E-state index in [1.54, 1.807) is 0 Å². The van der Waals surface area contributed by atoms with Crippen LogP contribution in [0, 0.1) is 10.1 Å². The molecule has 0 spiro atoms. The largest absolute Gasteiger partial charge is 0.496 e. The highest BCUT2D eigenvalue weighted by Crippen LogP contribution is 2.31. The molecule has 1 aromatic heterocycles. The first-order valence-electron chi connectivity index (χ1n) is 6.61. The number of nitro benzene ring substituents is 1. The molecule has 0 bridgehead atoms. The molecule has 0 aliphatic carbocycles. The van der Waals surface area contributed by atoms with Gasteiger partial charge in [-0.05, 0) is 6.07 Å². The molecule has 0 fully saturated rings. The maximum absolute atomic E-state index is 10.8. The summed E-state index contributed by atoms with van der Waals surface area (Å²) in [5, 5.41) is 26.1. The van der Waals surface area contributed by atoms with Gasteiger partial charge in [-0.2, -0.15) is 0 Å². The second-order valence-electron chi connectivity index (χ2n) is 3.79. The van der Waals surface area contributed by atoms with Crippen LogP contribution in [0.2, 0.25) is 0 Å². The van der Waals surface area contributed by atoms with Crippen LogP contribution < -0.4 is 4.74 Å². The zero-order chi connectivity index (χ0) is 17.4. The summed E-state index contributed by atoms with van der Waals surface area (Å²) >= 11 is 0.940. The average Bonchev–Trinajstić information content (AvgIpc) is 3.03. The Bertz CT molecular complexity index is 689. The van der Waals surface area contributed by atoms with Gasteiger partial charge in [0.05, 0.1) is 23.3 Å². The summed E-state index contributed by atoms with van der Waals surface area (Å²) in [4.78, 5) is 24.9. The Balaban J connectivity index is 0.00000127. The van der Waals surface area contributed by atoms with Gasteiger partial charge < -0.3 is 9.84 Å². The Morgan fingerprint density at radius 3 is 2.74 bits per heavy atom. The van der Waals surface area contributed by atoms with Gasteiger partial charge in [0.25, 0.3) is 5.69 Å². The lowest BCUT2D eigenvalue weighted by molar-refractivity contribution is -0.384. The number of methoxy groups -OCH3 is 1. The number of ether oxygens (including phenoxy) is 1. The molecule has 10 heteroatoms. The molecule has 0 aliphatic rings. The van der Waals surface area contributed by atoms with Gasteiger partial charge in [-0.15, -0.1) is 5.10 Å². The fourth-order valence-electron chi connectivity index (χ4n) is 1.55. The van der Waals surface area contributed by atoms with Crippen LogP contribution in [0.15, 0.2) is 23.4 Å². The fraction of sp³-hybridized carbons (Fsp3) is 0.308. The molecule has 1 heterocycles. The van der Waals surface area contributed by atoms with Crippen LogP contribution >= 0.6 is 11.8 Å². The first-order valence-corrected chi connectivity index (χ1v) is 7.59. The van der Waals surface area contributed by atoms with Crippen LogP contribution in [0.5, 0.6) is 5.75 Å². The second kappa shape index (κ2) is 8.73. The number of hydrogen-bond donors (Lipinski definition) is 2. The van der Waals surface area contributed by atoms with Crippen molar-refractivity contribution in [3.8, 4) is 17.1 Å². The number of benzene rings is 1. The van der Waals surface area contributed by atoms with Crippen molar-refractivity contribution in [3.05, 3.63) is 28.3 Å². The lowest BCUT2D eigenvalue weighted by atomic mass is 10.1. The first-order chi connectivity index (χ1) is 11.0. The number of thioether (sulfide) groups is 1. The number of rotatable bonds is 6. The van der Waals surface area contributed by atoms with Crippen molar-refractivity contribution in [2.24, 2.45) is 0 Å². The lowest BCUT2D eigenvalue weighted by Crippen LogP contribution is -1.97. The molecule has 2 N–H and O–H groups in total. The monoisotopic (exact) mass is 340 g/mol. The zero-order valence-electron chi connectivity index (χ0n) is 12.8. The molecule has 2 aromatic rings. The number of carbonyl (C=O) groups is 1. The molecule has 1 aromatic carbocycles. The second-order valence-corrected chi connectivity index (χ2v) is 4.73. The smallest absolute Gasteiger partial charge is 0.313 e. The van der Waals surface area contributed by atoms with Crippen molar-refractivity contribution >= 4 is 23.4 Å². The topological polar surface area (TPSA) is 131 Å². The summed E-state index contributed by atoms with van der Waals surface area (Å²) in [7, 11) is 1.43. The van der Waals surface area contributed by atoms with E-state index in [9.17, 15) is 14.9 Å². The highest BCUT2D eigenvalue weighted by Gasteiger charge is 2.16. The number of non-ortho nitro benzene ring substituents is 1. The van der Waals surface area contributed by atoms with Gasteiger partial charge in [0, 0.05) is 12.1 Å². The van der Waals surface area contributed by atoms with Gasteiger partial charge >= 0.3 is 5.97 Å². The van der Waals surface area contributed by atoms with E-state index in [1.807, 2.05) is 13.8 Å². The minimum atomic E-state index is -0.987. The summed E-state index contributed by atoms with van der Waals surface area (Å²) < 4.78 is 5.13. The summed E-state index contributed by atoms with van der Waals surface area (Å²) in [5.74, 6) is -0.502. The number of H-pyrrole nitrogens is 1. The van der Waals surface area contributed by atoms with Crippen molar-refractivity contribution in [1.82, 2.24) is 15.2 Å². The third-order valence-corrected chi connectivity index (χ3v) is 3.27. The van der Waals surface area contributed by atoms with Gasteiger partial charge in [0.2, 0.25) is 5.16 Å². The molecule has 0 unspecified atom stereocenters. The molecule has 2 rings (SSSR count). The van der Waals surface area contributed by atoms with E-state index in [1.165, 1.54) is 25.3 Å². The molecule has 0 saturated heterocycles. The first kappa shape index (κ1) is 18.4. The van der Waals surface area contributed by atoms with Crippen LogP contribution in [0.4, 0.5) is 5.69 Å². The van der Waals surface area contributed by atoms with Gasteiger partial charge in [0.1, 0.15) is 5.75 Å². The van der Waals surface area contributed by atoms with Crippen molar-refractivity contribution in [2.45, 2.75) is 19.0 Å². The number of nitrogens with one attached hydrogen (secondary N) is 1. The summed E-state index contributed by atoms with van der Waals surface area (Å²) in [6.45, 7) is 4.00. The lowest BCUT2D eigenvalue weighted by Gasteiger charge is -2.05. The van der Waals surface area contributed by atoms with Crippen molar-refractivity contribution < 1.29 is 19.6 Å². The van der Waals surface area contributed by atoms with E-state index in [0.29, 0.717) is 11.3 Å². The molecule has 0 saturated carbocycles. The Morgan fingerprint density at radius 2 is 2.17 bits per heavy atom. The molecule has 23 heavy (non-hydrogen) atoms. The van der Waals surface area contributed by atoms with Crippen molar-refractivity contribution in [3.63, 3.8) is 0 Å². The van der Waals surface area contributed by atoms with Gasteiger partial charge in [-0.25, -0.2) is 4.98 Å². The maximum atomic E-state index is 10.8. The number of hydrogen-bond acceptors (Lipinski definition) is 7. The van der Waals surface area contributed by atoms with Crippen LogP contribution in [0.25, 0.3) is 11.4 Å². The van der Waals surface area contributed by atoms with E-state index < -0.39 is 10.9 Å². The maximum Gasteiger partial charge on any atom is 0.313 e. The average molecular weight is 340 g/mol.